The number of rotatable bonds is 4. The first-order chi connectivity index (χ1) is 7.88. The Labute approximate surface area is 102 Å². The molecular formula is C12H22N2O3. The summed E-state index contributed by atoms with van der Waals surface area (Å²) >= 11 is 0. The lowest BCUT2D eigenvalue weighted by atomic mass is 9.76. The lowest BCUT2D eigenvalue weighted by molar-refractivity contribution is -0.155. The average Bonchev–Trinajstić information content (AvgIpc) is 2.29. The Morgan fingerprint density at radius 1 is 1.35 bits per heavy atom. The lowest BCUT2D eigenvalue weighted by Gasteiger charge is -2.33. The van der Waals surface area contributed by atoms with Crippen LogP contribution >= 0.6 is 0 Å². The number of hydrogen-bond acceptors (Lipinski definition) is 3. The van der Waals surface area contributed by atoms with Gasteiger partial charge in [-0.25, -0.2) is 0 Å². The van der Waals surface area contributed by atoms with Crippen molar-refractivity contribution in [1.29, 1.82) is 0 Å². The van der Waals surface area contributed by atoms with Crippen LogP contribution in [-0.4, -0.2) is 48.1 Å². The molecule has 0 saturated carbocycles. The number of hydrogen-bond donors (Lipinski definition) is 2. The highest BCUT2D eigenvalue weighted by Crippen LogP contribution is 2.32. The van der Waals surface area contributed by atoms with E-state index in [0.29, 0.717) is 13.1 Å². The summed E-state index contributed by atoms with van der Waals surface area (Å²) in [5, 5.41) is 12.4. The highest BCUT2D eigenvalue weighted by molar-refractivity contribution is 5.85. The van der Waals surface area contributed by atoms with Crippen molar-refractivity contribution >= 4 is 11.9 Å². The summed E-state index contributed by atoms with van der Waals surface area (Å²) in [6, 6.07) is 0. The van der Waals surface area contributed by atoms with Crippen LogP contribution in [0, 0.1) is 11.3 Å². The van der Waals surface area contributed by atoms with Crippen molar-refractivity contribution in [3.63, 3.8) is 0 Å². The van der Waals surface area contributed by atoms with Crippen molar-refractivity contribution in [2.75, 3.05) is 26.2 Å². The Morgan fingerprint density at radius 2 is 1.88 bits per heavy atom. The first-order valence-electron chi connectivity index (χ1n) is 6.10. The van der Waals surface area contributed by atoms with Crippen molar-refractivity contribution in [3.8, 4) is 0 Å². The zero-order valence-corrected chi connectivity index (χ0v) is 10.8. The molecule has 0 radical (unpaired) electrons. The van der Waals surface area contributed by atoms with Gasteiger partial charge >= 0.3 is 5.97 Å². The number of nitrogens with zero attached hydrogens (tertiary/aromatic N) is 1. The van der Waals surface area contributed by atoms with Crippen LogP contribution in [0.5, 0.6) is 0 Å². The molecule has 1 unspecified atom stereocenters. The van der Waals surface area contributed by atoms with E-state index in [1.807, 2.05) is 13.8 Å². The van der Waals surface area contributed by atoms with Crippen LogP contribution in [0.15, 0.2) is 0 Å². The highest BCUT2D eigenvalue weighted by atomic mass is 16.4. The zero-order valence-electron chi connectivity index (χ0n) is 10.8. The molecule has 0 bridgehead atoms. The number of carbonyl (C=O) groups excluding carboxylic acids is 1. The van der Waals surface area contributed by atoms with Crippen LogP contribution in [-0.2, 0) is 9.59 Å². The molecule has 0 aromatic heterocycles. The molecule has 1 amide bonds. The van der Waals surface area contributed by atoms with Gasteiger partial charge in [0.25, 0.3) is 0 Å². The molecule has 17 heavy (non-hydrogen) atoms. The fraction of sp³-hybridized carbons (Fsp3) is 0.833. The van der Waals surface area contributed by atoms with Gasteiger partial charge in [-0.05, 0) is 12.8 Å². The number of carboxylic acids is 1. The molecule has 5 heteroatoms. The average molecular weight is 242 g/mol. The Hall–Kier alpha value is -1.10. The van der Waals surface area contributed by atoms with Gasteiger partial charge in [0, 0.05) is 32.6 Å². The summed E-state index contributed by atoms with van der Waals surface area (Å²) in [6.07, 6.45) is 0.0833. The Morgan fingerprint density at radius 3 is 2.29 bits per heavy atom. The molecular weight excluding hydrogens is 220 g/mol. The van der Waals surface area contributed by atoms with Crippen LogP contribution in [0.3, 0.4) is 0 Å². The molecule has 0 spiro atoms. The van der Waals surface area contributed by atoms with Crippen molar-refractivity contribution in [1.82, 2.24) is 10.2 Å². The third-order valence-electron chi connectivity index (χ3n) is 3.75. The van der Waals surface area contributed by atoms with Gasteiger partial charge in [0.05, 0.1) is 5.41 Å². The van der Waals surface area contributed by atoms with E-state index in [1.165, 1.54) is 0 Å². The van der Waals surface area contributed by atoms with Crippen molar-refractivity contribution < 1.29 is 14.7 Å². The minimum Gasteiger partial charge on any atom is -0.481 e. The first kappa shape index (κ1) is 14.0. The quantitative estimate of drug-likeness (QED) is 0.755. The highest BCUT2D eigenvalue weighted by Gasteiger charge is 2.39. The number of carboxylic acid groups (broad SMARTS) is 1. The summed E-state index contributed by atoms with van der Waals surface area (Å²) in [7, 11) is 0. The van der Waals surface area contributed by atoms with Gasteiger partial charge in [-0.2, -0.15) is 0 Å². The van der Waals surface area contributed by atoms with E-state index in [2.05, 4.69) is 5.32 Å². The van der Waals surface area contributed by atoms with Crippen LogP contribution in [0.1, 0.15) is 27.2 Å². The molecule has 0 aromatic rings. The molecule has 1 aliphatic rings. The number of aliphatic carboxylic acids is 1. The molecule has 2 N–H and O–H groups in total. The summed E-state index contributed by atoms with van der Waals surface area (Å²) in [6.45, 7) is 8.27. The summed E-state index contributed by atoms with van der Waals surface area (Å²) in [5.74, 6) is -1.01. The fourth-order valence-corrected chi connectivity index (χ4v) is 1.87. The monoisotopic (exact) mass is 242 g/mol. The zero-order chi connectivity index (χ0) is 13.1. The third kappa shape index (κ3) is 3.19. The molecule has 1 aliphatic heterocycles. The fourth-order valence-electron chi connectivity index (χ4n) is 1.87. The van der Waals surface area contributed by atoms with Crippen LogP contribution in [0.4, 0.5) is 0 Å². The second-order valence-corrected chi connectivity index (χ2v) is 5.18. The van der Waals surface area contributed by atoms with Gasteiger partial charge in [0.2, 0.25) is 5.91 Å². The van der Waals surface area contributed by atoms with Crippen LogP contribution < -0.4 is 5.32 Å². The topological polar surface area (TPSA) is 69.6 Å². The van der Waals surface area contributed by atoms with Gasteiger partial charge in [-0.15, -0.1) is 0 Å². The van der Waals surface area contributed by atoms with Crippen molar-refractivity contribution in [2.45, 2.75) is 27.2 Å². The molecule has 0 aliphatic carbocycles. The second kappa shape index (κ2) is 5.49. The molecule has 98 valence electrons. The number of nitrogens with one attached hydrogen (secondary N) is 1. The van der Waals surface area contributed by atoms with Crippen LogP contribution in [0.2, 0.25) is 0 Å². The maximum absolute atomic E-state index is 12.1. The molecule has 5 nitrogen and oxygen atoms in total. The molecule has 1 heterocycles. The lowest BCUT2D eigenvalue weighted by Crippen LogP contribution is -2.48. The molecule has 1 rings (SSSR count). The largest absolute Gasteiger partial charge is 0.481 e. The van der Waals surface area contributed by atoms with Gasteiger partial charge in [0.1, 0.15) is 0 Å². The van der Waals surface area contributed by atoms with E-state index < -0.39 is 11.4 Å². The third-order valence-corrected chi connectivity index (χ3v) is 3.75. The summed E-state index contributed by atoms with van der Waals surface area (Å²) in [5.41, 5.74) is -0.970. The summed E-state index contributed by atoms with van der Waals surface area (Å²) in [4.78, 5) is 25.1. The predicted octanol–water partition coefficient (Wildman–Crippen LogP) is 0.555. The number of amides is 1. The normalized spacial score (nSPS) is 20.1. The Kier molecular flexibility index (Phi) is 4.51. The molecule has 0 aromatic carbocycles. The smallest absolute Gasteiger partial charge is 0.310 e. The van der Waals surface area contributed by atoms with E-state index in [9.17, 15) is 14.7 Å². The maximum Gasteiger partial charge on any atom is 0.310 e. The summed E-state index contributed by atoms with van der Waals surface area (Å²) < 4.78 is 0. The number of piperazine rings is 1. The van der Waals surface area contributed by atoms with Gasteiger partial charge < -0.3 is 15.3 Å². The Balaban J connectivity index is 2.67. The van der Waals surface area contributed by atoms with Crippen LogP contribution in [0.25, 0.3) is 0 Å². The second-order valence-electron chi connectivity index (χ2n) is 5.18. The van der Waals surface area contributed by atoms with Crippen molar-refractivity contribution in [2.24, 2.45) is 11.3 Å². The molecule has 1 atom stereocenters. The van der Waals surface area contributed by atoms with Crippen molar-refractivity contribution in [3.05, 3.63) is 0 Å². The SMILES string of the molecule is CC(C)C(C)(CC(=O)N1CCNCC1)C(=O)O. The van der Waals surface area contributed by atoms with E-state index in [-0.39, 0.29) is 18.2 Å². The number of carbonyl (C=O) groups is 2. The molecule has 1 saturated heterocycles. The van der Waals surface area contributed by atoms with E-state index >= 15 is 0 Å². The van der Waals surface area contributed by atoms with E-state index in [1.54, 1.807) is 11.8 Å². The minimum atomic E-state index is -0.970. The molecule has 1 fully saturated rings. The first-order valence-corrected chi connectivity index (χ1v) is 6.10. The standard InChI is InChI=1S/C12H22N2O3/c1-9(2)12(3,11(16)17)8-10(15)14-6-4-13-5-7-14/h9,13H,4-8H2,1-3H3,(H,16,17). The van der Waals surface area contributed by atoms with E-state index in [0.717, 1.165) is 13.1 Å². The maximum atomic E-state index is 12.1. The Bertz CT molecular complexity index is 298. The van der Waals surface area contributed by atoms with Gasteiger partial charge in [-0.3, -0.25) is 9.59 Å². The van der Waals surface area contributed by atoms with Gasteiger partial charge in [-0.1, -0.05) is 13.8 Å². The van der Waals surface area contributed by atoms with E-state index in [4.69, 9.17) is 0 Å². The minimum absolute atomic E-state index is 0.0508. The van der Waals surface area contributed by atoms with Gasteiger partial charge in [0.15, 0.2) is 0 Å². The predicted molar refractivity (Wildman–Crippen MR) is 64.6 cm³/mol.